The van der Waals surface area contributed by atoms with Crippen molar-refractivity contribution < 1.29 is 18.7 Å². The van der Waals surface area contributed by atoms with Gasteiger partial charge in [0.25, 0.3) is 0 Å². The number of amides is 2. The number of aromatic nitrogens is 1. The molecule has 3 heterocycles. The van der Waals surface area contributed by atoms with Crippen LogP contribution in [0.4, 0.5) is 20.6 Å². The van der Waals surface area contributed by atoms with Crippen LogP contribution in [0.3, 0.4) is 0 Å². The van der Waals surface area contributed by atoms with Crippen LogP contribution in [0.25, 0.3) is 0 Å². The molecule has 4 bridgehead atoms. The molecule has 166 valence electrons. The van der Waals surface area contributed by atoms with Gasteiger partial charge in [0.2, 0.25) is 5.91 Å². The molecule has 1 aromatic carbocycles. The number of hydrogen-bond donors (Lipinski definition) is 3. The predicted octanol–water partition coefficient (Wildman–Crippen LogP) is 2.94. The number of nitrogens with two attached hydrogens (primary N) is 1. The van der Waals surface area contributed by atoms with Crippen LogP contribution in [0.1, 0.15) is 29.4 Å². The van der Waals surface area contributed by atoms with E-state index in [4.69, 9.17) is 17.3 Å². The molecule has 2 aromatic rings. The standard InChI is InChI=1S/C21H20ClFN6O3/c1-32-21(31)26-11-2-4-12-16(9-11)27-17(30)7-6-15-13(23)5-3-10(25-15)8-14(24)20-28-18(12)19(22)29-20/h2-5,9,14,18H,6-8,24H2,1H3,(H,26,31)(H,27,30). The molecule has 2 amide bonds. The summed E-state index contributed by atoms with van der Waals surface area (Å²) in [6.07, 6.45) is -0.273. The van der Waals surface area contributed by atoms with Crippen molar-refractivity contribution in [3.05, 3.63) is 53.1 Å². The summed E-state index contributed by atoms with van der Waals surface area (Å²) in [6, 6.07) is 6.47. The SMILES string of the molecule is COC(=O)Nc1ccc2c(c1)NC(=O)CCc1nc(ccc1F)CC(N)C1=NC2C(Cl)=N1. The van der Waals surface area contributed by atoms with E-state index in [1.165, 1.54) is 13.2 Å². The van der Waals surface area contributed by atoms with Crippen molar-refractivity contribution in [2.24, 2.45) is 15.7 Å². The topological polar surface area (TPSA) is 131 Å². The minimum Gasteiger partial charge on any atom is -0.453 e. The number of carbonyl (C=O) groups is 2. The Kier molecular flexibility index (Phi) is 6.15. The molecule has 2 aliphatic heterocycles. The molecule has 4 rings (SSSR count). The normalized spacial score (nSPS) is 20.3. The minimum absolute atomic E-state index is 0.00543. The molecular formula is C21H20ClFN6O3. The second-order valence-electron chi connectivity index (χ2n) is 7.33. The summed E-state index contributed by atoms with van der Waals surface area (Å²) in [7, 11) is 1.24. The first-order chi connectivity index (χ1) is 15.3. The number of pyridine rings is 1. The smallest absolute Gasteiger partial charge is 0.411 e. The van der Waals surface area contributed by atoms with E-state index >= 15 is 0 Å². The van der Waals surface area contributed by atoms with E-state index < -0.39 is 24.0 Å². The molecular weight excluding hydrogens is 439 g/mol. The fourth-order valence-corrected chi connectivity index (χ4v) is 3.74. The van der Waals surface area contributed by atoms with E-state index in [9.17, 15) is 14.0 Å². The van der Waals surface area contributed by atoms with Gasteiger partial charge in [-0.05, 0) is 24.3 Å². The summed E-state index contributed by atoms with van der Waals surface area (Å²) in [5, 5.41) is 5.53. The van der Waals surface area contributed by atoms with E-state index in [0.29, 0.717) is 28.5 Å². The maximum atomic E-state index is 14.2. The van der Waals surface area contributed by atoms with Gasteiger partial charge in [-0.2, -0.15) is 0 Å². The van der Waals surface area contributed by atoms with Crippen molar-refractivity contribution in [1.29, 1.82) is 0 Å². The molecule has 2 unspecified atom stereocenters. The third-order valence-electron chi connectivity index (χ3n) is 5.09. The average Bonchev–Trinajstić information content (AvgIpc) is 3.15. The van der Waals surface area contributed by atoms with Gasteiger partial charge in [-0.1, -0.05) is 17.7 Å². The molecule has 1 aromatic heterocycles. The van der Waals surface area contributed by atoms with Crippen LogP contribution in [0.5, 0.6) is 0 Å². The number of nitrogens with one attached hydrogen (secondary N) is 2. The lowest BCUT2D eigenvalue weighted by Crippen LogP contribution is -2.31. The van der Waals surface area contributed by atoms with Gasteiger partial charge in [0.1, 0.15) is 22.9 Å². The fourth-order valence-electron chi connectivity index (χ4n) is 3.49. The second-order valence-corrected chi connectivity index (χ2v) is 7.72. The van der Waals surface area contributed by atoms with Gasteiger partial charge in [-0.15, -0.1) is 0 Å². The Balaban J connectivity index is 1.76. The Morgan fingerprint density at radius 2 is 2.12 bits per heavy atom. The van der Waals surface area contributed by atoms with Crippen LogP contribution in [-0.4, -0.2) is 41.1 Å². The van der Waals surface area contributed by atoms with Gasteiger partial charge in [-0.25, -0.2) is 14.2 Å². The van der Waals surface area contributed by atoms with E-state index in [-0.39, 0.29) is 36.0 Å². The van der Waals surface area contributed by atoms with E-state index in [0.717, 1.165) is 0 Å². The zero-order valence-electron chi connectivity index (χ0n) is 17.1. The number of amidine groups is 1. The number of aliphatic imine (C=N–C) groups is 2. The molecule has 0 aliphatic carbocycles. The average molecular weight is 459 g/mol. The summed E-state index contributed by atoms with van der Waals surface area (Å²) in [5.74, 6) is -0.526. The number of ether oxygens (including phenoxy) is 1. The monoisotopic (exact) mass is 458 g/mol. The fraction of sp³-hybridized carbons (Fsp3) is 0.286. The molecule has 0 saturated heterocycles. The Hall–Kier alpha value is -3.37. The van der Waals surface area contributed by atoms with Crippen molar-refractivity contribution in [1.82, 2.24) is 4.98 Å². The molecule has 0 radical (unpaired) electrons. The minimum atomic E-state index is -0.667. The molecule has 4 N–H and O–H groups in total. The lowest BCUT2D eigenvalue weighted by molar-refractivity contribution is -0.116. The van der Waals surface area contributed by atoms with Crippen LogP contribution in [0.2, 0.25) is 0 Å². The molecule has 11 heteroatoms. The number of aryl methyl sites for hydroxylation is 1. The highest BCUT2D eigenvalue weighted by atomic mass is 35.5. The highest BCUT2D eigenvalue weighted by Gasteiger charge is 2.29. The van der Waals surface area contributed by atoms with Gasteiger partial charge in [0, 0.05) is 41.9 Å². The largest absolute Gasteiger partial charge is 0.453 e. The van der Waals surface area contributed by atoms with Gasteiger partial charge in [0.15, 0.2) is 0 Å². The summed E-state index contributed by atoms with van der Waals surface area (Å²) in [5.41, 5.74) is 8.37. The molecule has 2 atom stereocenters. The number of halogens is 2. The van der Waals surface area contributed by atoms with E-state index in [1.807, 2.05) is 0 Å². The number of benzene rings is 1. The maximum Gasteiger partial charge on any atom is 0.411 e. The molecule has 9 nitrogen and oxygen atoms in total. The zero-order chi connectivity index (χ0) is 22.8. The lowest BCUT2D eigenvalue weighted by Gasteiger charge is -2.17. The number of nitrogens with zero attached hydrogens (tertiary/aromatic N) is 3. The summed E-state index contributed by atoms with van der Waals surface area (Å²) < 4.78 is 18.8. The Labute approximate surface area is 187 Å². The third kappa shape index (κ3) is 4.61. The zero-order valence-corrected chi connectivity index (χ0v) is 17.8. The number of methoxy groups -OCH3 is 1. The van der Waals surface area contributed by atoms with Crippen LogP contribution in [0, 0.1) is 5.82 Å². The van der Waals surface area contributed by atoms with Crippen LogP contribution < -0.4 is 16.4 Å². The number of carbonyl (C=O) groups excluding carboxylic acids is 2. The quantitative estimate of drug-likeness (QED) is 0.604. The highest BCUT2D eigenvalue weighted by Crippen LogP contribution is 2.34. The number of rotatable bonds is 1. The summed E-state index contributed by atoms with van der Waals surface area (Å²) >= 11 is 6.39. The molecule has 0 fully saturated rings. The summed E-state index contributed by atoms with van der Waals surface area (Å²) in [4.78, 5) is 37.4. The molecule has 0 spiro atoms. The van der Waals surface area contributed by atoms with Crippen molar-refractivity contribution in [3.63, 3.8) is 0 Å². The Bertz CT molecular complexity index is 1150. The predicted molar refractivity (Wildman–Crippen MR) is 119 cm³/mol. The van der Waals surface area contributed by atoms with Crippen LogP contribution >= 0.6 is 11.6 Å². The molecule has 2 aliphatic rings. The molecule has 32 heavy (non-hydrogen) atoms. The second kappa shape index (κ2) is 9.01. The molecule has 0 saturated carbocycles. The maximum absolute atomic E-state index is 14.2. The Morgan fingerprint density at radius 1 is 1.31 bits per heavy atom. The van der Waals surface area contributed by atoms with Crippen molar-refractivity contribution in [2.45, 2.75) is 31.3 Å². The van der Waals surface area contributed by atoms with Crippen LogP contribution in [-0.2, 0) is 22.4 Å². The third-order valence-corrected chi connectivity index (χ3v) is 5.38. The van der Waals surface area contributed by atoms with E-state index in [2.05, 4.69) is 30.3 Å². The first-order valence-corrected chi connectivity index (χ1v) is 10.2. The van der Waals surface area contributed by atoms with Crippen LogP contribution in [0.15, 0.2) is 40.3 Å². The first-order valence-electron chi connectivity index (χ1n) is 9.84. The van der Waals surface area contributed by atoms with Gasteiger partial charge < -0.3 is 15.8 Å². The van der Waals surface area contributed by atoms with Crippen molar-refractivity contribution in [2.75, 3.05) is 17.7 Å². The van der Waals surface area contributed by atoms with E-state index in [1.54, 1.807) is 24.3 Å². The number of hydrogen-bond acceptors (Lipinski definition) is 7. The highest BCUT2D eigenvalue weighted by molar-refractivity contribution is 6.68. The summed E-state index contributed by atoms with van der Waals surface area (Å²) in [6.45, 7) is 0. The van der Waals surface area contributed by atoms with Crippen molar-refractivity contribution in [3.8, 4) is 0 Å². The Morgan fingerprint density at radius 3 is 2.91 bits per heavy atom. The first kappa shape index (κ1) is 21.8. The van der Waals surface area contributed by atoms with Crippen molar-refractivity contribution >= 4 is 46.0 Å². The number of anilines is 2. The number of fused-ring (bicyclic) bond motifs is 5. The van der Waals surface area contributed by atoms with Gasteiger partial charge in [-0.3, -0.25) is 20.1 Å². The lowest BCUT2D eigenvalue weighted by atomic mass is 10.0. The van der Waals surface area contributed by atoms with Gasteiger partial charge in [0.05, 0.1) is 18.8 Å². The van der Waals surface area contributed by atoms with Gasteiger partial charge >= 0.3 is 6.09 Å².